The van der Waals surface area contributed by atoms with Crippen molar-refractivity contribution in [2.75, 3.05) is 7.05 Å². The Morgan fingerprint density at radius 3 is 2.38 bits per heavy atom. The minimum atomic E-state index is -1.31. The summed E-state index contributed by atoms with van der Waals surface area (Å²) >= 11 is 0. The highest BCUT2D eigenvalue weighted by molar-refractivity contribution is 5.98. The largest absolute Gasteiger partial charge is 0.390 e. The molecule has 0 aromatic carbocycles. The van der Waals surface area contributed by atoms with Gasteiger partial charge in [0.15, 0.2) is 0 Å². The molecule has 0 heterocycles. The Kier molecular flexibility index (Phi) is 7.68. The molecule has 0 aromatic rings. The van der Waals surface area contributed by atoms with Crippen molar-refractivity contribution < 1.29 is 29.4 Å². The van der Waals surface area contributed by atoms with Crippen LogP contribution in [0.15, 0.2) is 11.6 Å². The van der Waals surface area contributed by atoms with E-state index in [9.17, 15) is 29.4 Å². The van der Waals surface area contributed by atoms with Crippen LogP contribution in [0.2, 0.25) is 0 Å². The van der Waals surface area contributed by atoms with Crippen molar-refractivity contribution in [1.29, 1.82) is 0 Å². The van der Waals surface area contributed by atoms with Crippen LogP contribution in [-0.2, 0) is 19.2 Å². The Balaban J connectivity index is 2.93. The van der Waals surface area contributed by atoms with Gasteiger partial charge in [0.25, 0.3) is 0 Å². The van der Waals surface area contributed by atoms with Gasteiger partial charge in [-0.05, 0) is 14.0 Å². The molecule has 0 fully saturated rings. The Morgan fingerprint density at radius 2 is 1.88 bits per heavy atom. The van der Waals surface area contributed by atoms with Crippen molar-refractivity contribution in [3.8, 4) is 0 Å². The van der Waals surface area contributed by atoms with Crippen LogP contribution in [0.5, 0.6) is 0 Å². The Labute approximate surface area is 150 Å². The second-order valence-electron chi connectivity index (χ2n) is 6.10. The topological polar surface area (TPSA) is 197 Å². The highest BCUT2D eigenvalue weighted by atomic mass is 16.3. The maximum absolute atomic E-state index is 12.3. The van der Waals surface area contributed by atoms with E-state index in [1.807, 2.05) is 0 Å². The van der Waals surface area contributed by atoms with Gasteiger partial charge in [-0.15, -0.1) is 0 Å². The van der Waals surface area contributed by atoms with E-state index in [4.69, 9.17) is 11.5 Å². The van der Waals surface area contributed by atoms with Gasteiger partial charge in [-0.3, -0.25) is 19.2 Å². The fraction of sp³-hybridized carbons (Fsp3) is 0.600. The summed E-state index contributed by atoms with van der Waals surface area (Å²) in [5.41, 5.74) is 10.2. The zero-order valence-corrected chi connectivity index (χ0v) is 14.6. The molecule has 26 heavy (non-hydrogen) atoms. The second kappa shape index (κ2) is 9.27. The van der Waals surface area contributed by atoms with Crippen LogP contribution in [0.25, 0.3) is 0 Å². The summed E-state index contributed by atoms with van der Waals surface area (Å²) in [6, 6.07) is -2.87. The summed E-state index contributed by atoms with van der Waals surface area (Å²) in [6.07, 6.45) is -2.01. The molecule has 5 atom stereocenters. The SMILES string of the molecule is CN[C@@H](C)C(=O)N[C@@H]1C=C(C(=O)N[C@H](CC(N)=O)C(N)=O)C[C@@H](O)[C@@H]1O. The molecule has 146 valence electrons. The van der Waals surface area contributed by atoms with E-state index in [1.165, 1.54) is 6.08 Å². The van der Waals surface area contributed by atoms with E-state index in [0.717, 1.165) is 0 Å². The molecule has 0 radical (unpaired) electrons. The highest BCUT2D eigenvalue weighted by Crippen LogP contribution is 2.20. The maximum atomic E-state index is 12.3. The van der Waals surface area contributed by atoms with E-state index >= 15 is 0 Å². The smallest absolute Gasteiger partial charge is 0.247 e. The van der Waals surface area contributed by atoms with Gasteiger partial charge in [0.05, 0.1) is 24.6 Å². The van der Waals surface area contributed by atoms with Gasteiger partial charge in [0, 0.05) is 12.0 Å². The summed E-state index contributed by atoms with van der Waals surface area (Å²) in [5.74, 6) is -2.97. The van der Waals surface area contributed by atoms with Crippen molar-refractivity contribution >= 4 is 23.6 Å². The van der Waals surface area contributed by atoms with E-state index in [-0.39, 0.29) is 12.0 Å². The number of carbonyl (C=O) groups is 4. The number of nitrogens with two attached hydrogens (primary N) is 2. The van der Waals surface area contributed by atoms with Gasteiger partial charge >= 0.3 is 0 Å². The summed E-state index contributed by atoms with van der Waals surface area (Å²) in [6.45, 7) is 1.60. The van der Waals surface area contributed by atoms with Crippen LogP contribution in [-0.4, -0.2) is 71.2 Å². The number of rotatable bonds is 8. The van der Waals surface area contributed by atoms with Gasteiger partial charge in [-0.25, -0.2) is 0 Å². The number of carbonyl (C=O) groups excluding carboxylic acids is 4. The Bertz CT molecular complexity index is 607. The third-order valence-corrected chi connectivity index (χ3v) is 4.05. The van der Waals surface area contributed by atoms with E-state index in [2.05, 4.69) is 16.0 Å². The van der Waals surface area contributed by atoms with Crippen LogP contribution < -0.4 is 27.4 Å². The number of nitrogens with one attached hydrogen (secondary N) is 3. The molecule has 0 spiro atoms. The first-order valence-electron chi connectivity index (χ1n) is 7.99. The molecule has 1 rings (SSSR count). The molecule has 1 aliphatic carbocycles. The lowest BCUT2D eigenvalue weighted by atomic mass is 9.89. The summed E-state index contributed by atoms with van der Waals surface area (Å²) in [4.78, 5) is 46.5. The third-order valence-electron chi connectivity index (χ3n) is 4.05. The van der Waals surface area contributed by atoms with Crippen molar-refractivity contribution in [1.82, 2.24) is 16.0 Å². The molecule has 0 aromatic heterocycles. The number of amides is 4. The van der Waals surface area contributed by atoms with Crippen molar-refractivity contribution in [3.05, 3.63) is 11.6 Å². The summed E-state index contributed by atoms with van der Waals surface area (Å²) < 4.78 is 0. The fourth-order valence-corrected chi connectivity index (χ4v) is 2.36. The molecule has 4 amide bonds. The minimum absolute atomic E-state index is 0.0286. The van der Waals surface area contributed by atoms with Gasteiger partial charge in [-0.1, -0.05) is 6.08 Å². The molecule has 11 nitrogen and oxygen atoms in total. The van der Waals surface area contributed by atoms with E-state index < -0.39 is 60.4 Å². The normalized spacial score (nSPS) is 24.8. The van der Waals surface area contributed by atoms with Crippen LogP contribution in [0.4, 0.5) is 0 Å². The molecule has 0 aliphatic heterocycles. The number of likely N-dealkylation sites (N-methyl/N-ethyl adjacent to an activating group) is 1. The molecular formula is C15H25N5O6. The molecular weight excluding hydrogens is 346 g/mol. The van der Waals surface area contributed by atoms with E-state index in [1.54, 1.807) is 14.0 Å². The average Bonchev–Trinajstić information content (AvgIpc) is 2.56. The molecule has 0 bridgehead atoms. The molecule has 0 unspecified atom stereocenters. The lowest BCUT2D eigenvalue weighted by molar-refractivity contribution is -0.128. The maximum Gasteiger partial charge on any atom is 0.247 e. The Morgan fingerprint density at radius 1 is 1.27 bits per heavy atom. The van der Waals surface area contributed by atoms with Gasteiger partial charge in [-0.2, -0.15) is 0 Å². The third kappa shape index (κ3) is 5.79. The van der Waals surface area contributed by atoms with Crippen LogP contribution in [0.1, 0.15) is 19.8 Å². The van der Waals surface area contributed by atoms with Gasteiger partial charge < -0.3 is 37.6 Å². The second-order valence-corrected chi connectivity index (χ2v) is 6.10. The summed E-state index contributed by atoms with van der Waals surface area (Å²) in [7, 11) is 1.58. The first kappa shape index (κ1) is 21.5. The average molecular weight is 371 g/mol. The standard InChI is InChI=1S/C15H25N5O6/c1-6(18-2)14(25)19-8-3-7(4-10(21)12(8)23)15(26)20-9(13(17)24)5-11(16)22/h3,6,8-10,12,18,21,23H,4-5H2,1-2H3,(H2,16,22)(H2,17,24)(H,19,25)(H,20,26)/t6-,8+,9+,10+,12+/m0/s1. The van der Waals surface area contributed by atoms with Crippen molar-refractivity contribution in [3.63, 3.8) is 0 Å². The van der Waals surface area contributed by atoms with Crippen LogP contribution >= 0.6 is 0 Å². The lowest BCUT2D eigenvalue weighted by Crippen LogP contribution is -2.54. The molecule has 0 saturated heterocycles. The van der Waals surface area contributed by atoms with E-state index in [0.29, 0.717) is 0 Å². The number of aliphatic hydroxyl groups is 2. The highest BCUT2D eigenvalue weighted by Gasteiger charge is 2.35. The first-order valence-corrected chi connectivity index (χ1v) is 7.99. The van der Waals surface area contributed by atoms with Crippen LogP contribution in [0.3, 0.4) is 0 Å². The molecule has 0 saturated carbocycles. The fourth-order valence-electron chi connectivity index (χ4n) is 2.36. The molecule has 9 N–H and O–H groups in total. The number of hydrogen-bond donors (Lipinski definition) is 7. The monoisotopic (exact) mass is 371 g/mol. The molecule has 11 heteroatoms. The van der Waals surface area contributed by atoms with Crippen LogP contribution in [0, 0.1) is 0 Å². The predicted molar refractivity (Wildman–Crippen MR) is 90.1 cm³/mol. The lowest BCUT2D eigenvalue weighted by Gasteiger charge is -2.32. The number of primary amides is 2. The summed E-state index contributed by atoms with van der Waals surface area (Å²) in [5, 5.41) is 27.5. The number of aliphatic hydroxyl groups excluding tert-OH is 2. The van der Waals surface area contributed by atoms with Gasteiger partial charge in [0.2, 0.25) is 23.6 Å². The predicted octanol–water partition coefficient (Wildman–Crippen LogP) is -4.02. The van der Waals surface area contributed by atoms with Crippen molar-refractivity contribution in [2.45, 2.75) is 50.1 Å². The first-order chi connectivity index (χ1) is 12.1. The van der Waals surface area contributed by atoms with Crippen molar-refractivity contribution in [2.24, 2.45) is 11.5 Å². The number of hydrogen-bond acceptors (Lipinski definition) is 7. The Hall–Kier alpha value is -2.50. The zero-order chi connectivity index (χ0) is 20.0. The zero-order valence-electron chi connectivity index (χ0n) is 14.6. The molecule has 1 aliphatic rings. The minimum Gasteiger partial charge on any atom is -0.390 e. The quantitative estimate of drug-likeness (QED) is 0.225. The van der Waals surface area contributed by atoms with Gasteiger partial charge in [0.1, 0.15) is 12.1 Å².